The molecule has 0 bridgehead atoms. The van der Waals surface area contributed by atoms with Crippen LogP contribution in [0, 0.1) is 12.8 Å². The van der Waals surface area contributed by atoms with Gasteiger partial charge in [0.2, 0.25) is 0 Å². The molecule has 1 fully saturated rings. The molecule has 3 N–H and O–H groups in total. The third kappa shape index (κ3) is 3.48. The lowest BCUT2D eigenvalue weighted by Crippen LogP contribution is -2.44. The SMILES string of the molecule is Cc1cc(C(=O)NC2CCCCC2CN)ccc1Cl. The van der Waals surface area contributed by atoms with Gasteiger partial charge in [0.15, 0.2) is 0 Å². The molecule has 19 heavy (non-hydrogen) atoms. The number of nitrogens with two attached hydrogens (primary N) is 1. The zero-order valence-corrected chi connectivity index (χ0v) is 12.0. The van der Waals surface area contributed by atoms with Crippen LogP contribution in [-0.4, -0.2) is 18.5 Å². The summed E-state index contributed by atoms with van der Waals surface area (Å²) in [6.07, 6.45) is 4.52. The van der Waals surface area contributed by atoms with E-state index in [0.717, 1.165) is 18.4 Å². The van der Waals surface area contributed by atoms with Crippen LogP contribution in [0.15, 0.2) is 18.2 Å². The number of nitrogens with one attached hydrogen (secondary N) is 1. The molecule has 0 aromatic heterocycles. The number of carbonyl (C=O) groups excluding carboxylic acids is 1. The van der Waals surface area contributed by atoms with Crippen LogP contribution in [0.3, 0.4) is 0 Å². The molecule has 0 heterocycles. The molecular formula is C15H21ClN2O. The Kier molecular flexibility index (Phi) is 4.83. The van der Waals surface area contributed by atoms with E-state index in [1.807, 2.05) is 13.0 Å². The van der Waals surface area contributed by atoms with Crippen molar-refractivity contribution in [2.24, 2.45) is 11.7 Å². The number of amides is 1. The van der Waals surface area contributed by atoms with Gasteiger partial charge in [0.1, 0.15) is 0 Å². The molecule has 1 amide bonds. The van der Waals surface area contributed by atoms with Crippen LogP contribution in [-0.2, 0) is 0 Å². The molecule has 3 nitrogen and oxygen atoms in total. The quantitative estimate of drug-likeness (QED) is 0.894. The van der Waals surface area contributed by atoms with Crippen molar-refractivity contribution in [2.45, 2.75) is 38.6 Å². The highest BCUT2D eigenvalue weighted by molar-refractivity contribution is 6.31. The van der Waals surface area contributed by atoms with Crippen molar-refractivity contribution in [3.8, 4) is 0 Å². The topological polar surface area (TPSA) is 55.1 Å². The molecule has 0 aliphatic heterocycles. The Morgan fingerprint density at radius 1 is 1.42 bits per heavy atom. The fourth-order valence-corrected chi connectivity index (χ4v) is 2.84. The second-order valence-corrected chi connectivity index (χ2v) is 5.73. The van der Waals surface area contributed by atoms with Gasteiger partial charge >= 0.3 is 0 Å². The third-order valence-corrected chi connectivity index (χ3v) is 4.37. The summed E-state index contributed by atoms with van der Waals surface area (Å²) < 4.78 is 0. The van der Waals surface area contributed by atoms with E-state index in [4.69, 9.17) is 17.3 Å². The van der Waals surface area contributed by atoms with Crippen LogP contribution >= 0.6 is 11.6 Å². The molecule has 4 heteroatoms. The van der Waals surface area contributed by atoms with Crippen LogP contribution in [0.25, 0.3) is 0 Å². The molecule has 1 aromatic rings. The van der Waals surface area contributed by atoms with E-state index in [9.17, 15) is 4.79 Å². The van der Waals surface area contributed by atoms with Gasteiger partial charge in [-0.2, -0.15) is 0 Å². The molecule has 2 rings (SSSR count). The van der Waals surface area contributed by atoms with Gasteiger partial charge in [-0.1, -0.05) is 24.4 Å². The number of benzene rings is 1. The van der Waals surface area contributed by atoms with E-state index in [0.29, 0.717) is 23.0 Å². The standard InChI is InChI=1S/C15H21ClN2O/c1-10-8-11(6-7-13(10)16)15(19)18-14-5-3-2-4-12(14)9-17/h6-8,12,14H,2-5,9,17H2,1H3,(H,18,19). The molecular weight excluding hydrogens is 260 g/mol. The van der Waals surface area contributed by atoms with E-state index in [2.05, 4.69) is 5.32 Å². The number of halogens is 1. The number of rotatable bonds is 3. The minimum atomic E-state index is -0.0230. The number of carbonyl (C=O) groups is 1. The van der Waals surface area contributed by atoms with Gasteiger partial charge in [-0.3, -0.25) is 4.79 Å². The van der Waals surface area contributed by atoms with Crippen molar-refractivity contribution in [3.63, 3.8) is 0 Å². The largest absolute Gasteiger partial charge is 0.349 e. The van der Waals surface area contributed by atoms with Crippen molar-refractivity contribution in [1.82, 2.24) is 5.32 Å². The van der Waals surface area contributed by atoms with Crippen molar-refractivity contribution >= 4 is 17.5 Å². The average molecular weight is 281 g/mol. The van der Waals surface area contributed by atoms with Gasteiger partial charge in [0, 0.05) is 16.6 Å². The highest BCUT2D eigenvalue weighted by atomic mass is 35.5. The Bertz CT molecular complexity index is 461. The molecule has 1 saturated carbocycles. The Morgan fingerprint density at radius 3 is 2.84 bits per heavy atom. The molecule has 1 aliphatic rings. The maximum Gasteiger partial charge on any atom is 0.251 e. The summed E-state index contributed by atoms with van der Waals surface area (Å²) in [5.74, 6) is 0.385. The van der Waals surface area contributed by atoms with Crippen molar-refractivity contribution in [3.05, 3.63) is 34.3 Å². The van der Waals surface area contributed by atoms with Gasteiger partial charge in [-0.15, -0.1) is 0 Å². The highest BCUT2D eigenvalue weighted by Gasteiger charge is 2.25. The summed E-state index contributed by atoms with van der Waals surface area (Å²) in [5.41, 5.74) is 7.38. The van der Waals surface area contributed by atoms with Crippen LogP contribution in [0.1, 0.15) is 41.6 Å². The Morgan fingerprint density at radius 2 is 2.16 bits per heavy atom. The van der Waals surface area contributed by atoms with Crippen LogP contribution < -0.4 is 11.1 Å². The van der Waals surface area contributed by atoms with E-state index < -0.39 is 0 Å². The molecule has 0 saturated heterocycles. The normalized spacial score (nSPS) is 23.1. The lowest BCUT2D eigenvalue weighted by molar-refractivity contribution is 0.0908. The van der Waals surface area contributed by atoms with Crippen molar-refractivity contribution < 1.29 is 4.79 Å². The van der Waals surface area contributed by atoms with Crippen molar-refractivity contribution in [1.29, 1.82) is 0 Å². The molecule has 0 spiro atoms. The first-order valence-electron chi connectivity index (χ1n) is 6.89. The maximum absolute atomic E-state index is 12.2. The van der Waals surface area contributed by atoms with E-state index in [1.54, 1.807) is 12.1 Å². The first kappa shape index (κ1) is 14.4. The van der Waals surface area contributed by atoms with Crippen LogP contribution in [0.2, 0.25) is 5.02 Å². The molecule has 104 valence electrons. The number of aryl methyl sites for hydroxylation is 1. The molecule has 1 aliphatic carbocycles. The summed E-state index contributed by atoms with van der Waals surface area (Å²) in [7, 11) is 0. The first-order chi connectivity index (χ1) is 9.11. The maximum atomic E-state index is 12.2. The molecule has 2 unspecified atom stereocenters. The summed E-state index contributed by atoms with van der Waals surface area (Å²) in [4.78, 5) is 12.2. The van der Waals surface area contributed by atoms with Crippen molar-refractivity contribution in [2.75, 3.05) is 6.54 Å². The fourth-order valence-electron chi connectivity index (χ4n) is 2.72. The minimum Gasteiger partial charge on any atom is -0.349 e. The van der Waals surface area contributed by atoms with E-state index in [1.165, 1.54) is 12.8 Å². The van der Waals surface area contributed by atoms with E-state index in [-0.39, 0.29) is 11.9 Å². The number of hydrogen-bond acceptors (Lipinski definition) is 2. The summed E-state index contributed by atoms with van der Waals surface area (Å²) >= 11 is 5.97. The summed E-state index contributed by atoms with van der Waals surface area (Å²) in [6.45, 7) is 2.55. The van der Waals surface area contributed by atoms with Crippen LogP contribution in [0.4, 0.5) is 0 Å². The zero-order valence-electron chi connectivity index (χ0n) is 11.3. The van der Waals surface area contributed by atoms with E-state index >= 15 is 0 Å². The average Bonchev–Trinajstić information content (AvgIpc) is 2.42. The second-order valence-electron chi connectivity index (χ2n) is 5.32. The fraction of sp³-hybridized carbons (Fsp3) is 0.533. The van der Waals surface area contributed by atoms with Gasteiger partial charge in [-0.05, 0) is 56.0 Å². The first-order valence-corrected chi connectivity index (χ1v) is 7.26. The van der Waals surface area contributed by atoms with Gasteiger partial charge in [0.25, 0.3) is 5.91 Å². The Balaban J connectivity index is 2.05. The smallest absolute Gasteiger partial charge is 0.251 e. The Labute approximate surface area is 119 Å². The van der Waals surface area contributed by atoms with Crippen LogP contribution in [0.5, 0.6) is 0 Å². The predicted octanol–water partition coefficient (Wildman–Crippen LogP) is 2.90. The molecule has 0 radical (unpaired) electrons. The molecule has 1 aromatic carbocycles. The lowest BCUT2D eigenvalue weighted by Gasteiger charge is -2.31. The Hall–Kier alpha value is -1.06. The monoisotopic (exact) mass is 280 g/mol. The minimum absolute atomic E-state index is 0.0230. The summed E-state index contributed by atoms with van der Waals surface area (Å²) in [5, 5.41) is 3.81. The highest BCUT2D eigenvalue weighted by Crippen LogP contribution is 2.24. The lowest BCUT2D eigenvalue weighted by atomic mass is 9.84. The predicted molar refractivity (Wildman–Crippen MR) is 78.5 cm³/mol. The summed E-state index contributed by atoms with van der Waals surface area (Å²) in [6, 6.07) is 5.58. The third-order valence-electron chi connectivity index (χ3n) is 3.95. The van der Waals surface area contributed by atoms with Gasteiger partial charge in [0.05, 0.1) is 0 Å². The number of hydrogen-bond donors (Lipinski definition) is 2. The molecule has 2 atom stereocenters. The van der Waals surface area contributed by atoms with Gasteiger partial charge in [-0.25, -0.2) is 0 Å². The van der Waals surface area contributed by atoms with Gasteiger partial charge < -0.3 is 11.1 Å². The zero-order chi connectivity index (χ0) is 13.8. The second kappa shape index (κ2) is 6.40.